The van der Waals surface area contributed by atoms with Gasteiger partial charge in [-0.2, -0.15) is 5.10 Å². The maximum atomic E-state index is 11.2. The van der Waals surface area contributed by atoms with Crippen molar-refractivity contribution in [3.05, 3.63) is 46.2 Å². The van der Waals surface area contributed by atoms with Gasteiger partial charge in [0.25, 0.3) is 0 Å². The highest BCUT2D eigenvalue weighted by atomic mass is 35.5. The molecule has 1 aromatic carbocycles. The SMILES string of the molecule is O=Cc1c2c(nn1-c1ccccc1Cl)COC2. The van der Waals surface area contributed by atoms with Crippen LogP contribution >= 0.6 is 11.6 Å². The van der Waals surface area contributed by atoms with Gasteiger partial charge in [0.15, 0.2) is 6.29 Å². The van der Waals surface area contributed by atoms with Crippen LogP contribution in [0.3, 0.4) is 0 Å². The molecule has 2 aromatic rings. The average Bonchev–Trinajstić information content (AvgIpc) is 2.89. The number of nitrogens with zero attached hydrogens (tertiary/aromatic N) is 2. The van der Waals surface area contributed by atoms with Gasteiger partial charge in [-0.05, 0) is 12.1 Å². The minimum absolute atomic E-state index is 0.438. The second-order valence-corrected chi connectivity index (χ2v) is 4.19. The molecule has 0 unspecified atom stereocenters. The van der Waals surface area contributed by atoms with E-state index in [0.717, 1.165) is 17.5 Å². The quantitative estimate of drug-likeness (QED) is 0.767. The summed E-state index contributed by atoms with van der Waals surface area (Å²) in [5.74, 6) is 0. The van der Waals surface area contributed by atoms with Crippen molar-refractivity contribution in [1.29, 1.82) is 0 Å². The lowest BCUT2D eigenvalue weighted by atomic mass is 10.2. The van der Waals surface area contributed by atoms with Crippen LogP contribution in [-0.4, -0.2) is 16.1 Å². The molecule has 3 rings (SSSR count). The molecule has 86 valence electrons. The summed E-state index contributed by atoms with van der Waals surface area (Å²) in [6.45, 7) is 0.890. The van der Waals surface area contributed by atoms with Crippen molar-refractivity contribution in [2.45, 2.75) is 13.2 Å². The van der Waals surface area contributed by atoms with Crippen LogP contribution in [0.1, 0.15) is 21.7 Å². The van der Waals surface area contributed by atoms with Gasteiger partial charge in [0.1, 0.15) is 5.69 Å². The number of ether oxygens (including phenoxy) is 1. The van der Waals surface area contributed by atoms with Gasteiger partial charge >= 0.3 is 0 Å². The molecular weight excluding hydrogens is 240 g/mol. The molecule has 0 aliphatic carbocycles. The van der Waals surface area contributed by atoms with Gasteiger partial charge in [-0.3, -0.25) is 4.79 Å². The zero-order valence-corrected chi connectivity index (χ0v) is 9.65. The van der Waals surface area contributed by atoms with Crippen molar-refractivity contribution >= 4 is 17.9 Å². The predicted molar refractivity (Wildman–Crippen MR) is 62.5 cm³/mol. The Balaban J connectivity index is 2.22. The fourth-order valence-corrected chi connectivity index (χ4v) is 2.18. The van der Waals surface area contributed by atoms with Crippen molar-refractivity contribution in [2.75, 3.05) is 0 Å². The van der Waals surface area contributed by atoms with Crippen LogP contribution < -0.4 is 0 Å². The Kier molecular flexibility index (Phi) is 2.46. The van der Waals surface area contributed by atoms with Gasteiger partial charge in [0.2, 0.25) is 0 Å². The molecule has 2 heterocycles. The van der Waals surface area contributed by atoms with E-state index in [1.165, 1.54) is 0 Å². The Morgan fingerprint density at radius 3 is 2.94 bits per heavy atom. The molecule has 5 heteroatoms. The molecule has 0 saturated heterocycles. The lowest BCUT2D eigenvalue weighted by molar-refractivity contribution is 0.110. The van der Waals surface area contributed by atoms with Crippen LogP contribution in [0.5, 0.6) is 0 Å². The van der Waals surface area contributed by atoms with Crippen molar-refractivity contribution in [1.82, 2.24) is 9.78 Å². The minimum atomic E-state index is 0.438. The van der Waals surface area contributed by atoms with E-state index in [0.29, 0.717) is 29.6 Å². The van der Waals surface area contributed by atoms with E-state index >= 15 is 0 Å². The molecule has 0 atom stereocenters. The number of aldehydes is 1. The predicted octanol–water partition coefficient (Wildman–Crippen LogP) is 2.37. The molecule has 1 aliphatic rings. The van der Waals surface area contributed by atoms with Crippen LogP contribution in [-0.2, 0) is 18.0 Å². The van der Waals surface area contributed by atoms with Crippen molar-refractivity contribution in [3.8, 4) is 5.69 Å². The summed E-state index contributed by atoms with van der Waals surface area (Å²) in [5, 5.41) is 4.94. The molecule has 0 saturated carbocycles. The second-order valence-electron chi connectivity index (χ2n) is 3.78. The summed E-state index contributed by atoms with van der Waals surface area (Å²) >= 11 is 6.10. The standard InChI is InChI=1S/C12H9ClN2O2/c13-9-3-1-2-4-11(9)15-12(5-16)8-6-17-7-10(8)14-15/h1-5H,6-7H2. The van der Waals surface area contributed by atoms with Crippen LogP contribution in [0.15, 0.2) is 24.3 Å². The Hall–Kier alpha value is -1.65. The summed E-state index contributed by atoms with van der Waals surface area (Å²) in [5.41, 5.74) is 2.91. The molecule has 0 N–H and O–H groups in total. The van der Waals surface area contributed by atoms with Crippen molar-refractivity contribution < 1.29 is 9.53 Å². The van der Waals surface area contributed by atoms with Crippen LogP contribution in [0.4, 0.5) is 0 Å². The Labute approximate surface area is 103 Å². The van der Waals surface area contributed by atoms with Gasteiger partial charge in [-0.1, -0.05) is 23.7 Å². The number of aromatic nitrogens is 2. The summed E-state index contributed by atoms with van der Waals surface area (Å²) in [6.07, 6.45) is 0.795. The number of fused-ring (bicyclic) bond motifs is 1. The molecule has 0 radical (unpaired) electrons. The van der Waals surface area contributed by atoms with Gasteiger partial charge in [-0.25, -0.2) is 4.68 Å². The van der Waals surface area contributed by atoms with Gasteiger partial charge in [0.05, 0.1) is 29.6 Å². The number of para-hydroxylation sites is 1. The third-order valence-electron chi connectivity index (χ3n) is 2.78. The number of hydrogen-bond acceptors (Lipinski definition) is 3. The van der Waals surface area contributed by atoms with E-state index in [1.807, 2.05) is 18.2 Å². The lowest BCUT2D eigenvalue weighted by Gasteiger charge is -2.06. The molecule has 4 nitrogen and oxygen atoms in total. The number of carbonyl (C=O) groups excluding carboxylic acids is 1. The maximum absolute atomic E-state index is 11.2. The zero-order valence-electron chi connectivity index (χ0n) is 8.89. The highest BCUT2D eigenvalue weighted by Gasteiger charge is 2.23. The molecule has 0 spiro atoms. The molecule has 17 heavy (non-hydrogen) atoms. The zero-order chi connectivity index (χ0) is 11.8. The Bertz CT molecular complexity index is 592. The van der Waals surface area contributed by atoms with E-state index in [1.54, 1.807) is 10.7 Å². The van der Waals surface area contributed by atoms with E-state index in [9.17, 15) is 4.79 Å². The first kappa shape index (κ1) is 10.5. The Morgan fingerprint density at radius 1 is 1.35 bits per heavy atom. The normalized spacial score (nSPS) is 13.7. The molecule has 1 aromatic heterocycles. The number of hydrogen-bond donors (Lipinski definition) is 0. The molecule has 1 aliphatic heterocycles. The van der Waals surface area contributed by atoms with E-state index in [-0.39, 0.29) is 0 Å². The first-order valence-corrected chi connectivity index (χ1v) is 5.57. The molecular formula is C12H9ClN2O2. The van der Waals surface area contributed by atoms with Crippen LogP contribution in [0.2, 0.25) is 5.02 Å². The van der Waals surface area contributed by atoms with E-state index < -0.39 is 0 Å². The third kappa shape index (κ3) is 1.57. The summed E-state index contributed by atoms with van der Waals surface area (Å²) in [6, 6.07) is 7.30. The number of carbonyl (C=O) groups is 1. The van der Waals surface area contributed by atoms with Gasteiger partial charge in [0, 0.05) is 5.56 Å². The second kappa shape index (κ2) is 3.98. The lowest BCUT2D eigenvalue weighted by Crippen LogP contribution is -2.04. The number of benzene rings is 1. The first-order chi connectivity index (χ1) is 8.31. The first-order valence-electron chi connectivity index (χ1n) is 5.20. The maximum Gasteiger partial charge on any atom is 0.168 e. The van der Waals surface area contributed by atoms with E-state index in [4.69, 9.17) is 16.3 Å². The monoisotopic (exact) mass is 248 g/mol. The highest BCUT2D eigenvalue weighted by molar-refractivity contribution is 6.32. The van der Waals surface area contributed by atoms with Crippen LogP contribution in [0.25, 0.3) is 5.69 Å². The van der Waals surface area contributed by atoms with Crippen LogP contribution in [0, 0.1) is 0 Å². The molecule has 0 bridgehead atoms. The molecule has 0 amide bonds. The van der Waals surface area contributed by atoms with E-state index in [2.05, 4.69) is 5.10 Å². The van der Waals surface area contributed by atoms with Crippen molar-refractivity contribution in [3.63, 3.8) is 0 Å². The topological polar surface area (TPSA) is 44.1 Å². The molecule has 0 fully saturated rings. The number of halogens is 1. The summed E-state index contributed by atoms with van der Waals surface area (Å²) in [4.78, 5) is 11.2. The summed E-state index contributed by atoms with van der Waals surface area (Å²) < 4.78 is 6.84. The third-order valence-corrected chi connectivity index (χ3v) is 3.10. The smallest absolute Gasteiger partial charge is 0.168 e. The fourth-order valence-electron chi connectivity index (χ4n) is 1.96. The van der Waals surface area contributed by atoms with Gasteiger partial charge < -0.3 is 4.74 Å². The largest absolute Gasteiger partial charge is 0.370 e. The highest BCUT2D eigenvalue weighted by Crippen LogP contribution is 2.27. The summed E-state index contributed by atoms with van der Waals surface area (Å²) in [7, 11) is 0. The fraction of sp³-hybridized carbons (Fsp3) is 0.167. The average molecular weight is 249 g/mol. The Morgan fingerprint density at radius 2 is 2.18 bits per heavy atom. The van der Waals surface area contributed by atoms with Crippen molar-refractivity contribution in [2.24, 2.45) is 0 Å². The number of rotatable bonds is 2. The minimum Gasteiger partial charge on any atom is -0.370 e. The van der Waals surface area contributed by atoms with Gasteiger partial charge in [-0.15, -0.1) is 0 Å².